The van der Waals surface area contributed by atoms with Crippen molar-refractivity contribution in [2.45, 2.75) is 19.4 Å². The van der Waals surface area contributed by atoms with Crippen LogP contribution in [-0.2, 0) is 13.3 Å². The Bertz CT molecular complexity index is 485. The predicted molar refractivity (Wildman–Crippen MR) is 94.4 cm³/mol. The lowest BCUT2D eigenvalue weighted by Crippen LogP contribution is -2.43. The lowest BCUT2D eigenvalue weighted by atomic mass is 10.1. The van der Waals surface area contributed by atoms with Crippen molar-refractivity contribution in [3.63, 3.8) is 0 Å². The quantitative estimate of drug-likeness (QED) is 0.366. The first-order valence-corrected chi connectivity index (χ1v) is 9.65. The second-order valence-corrected chi connectivity index (χ2v) is 8.34. The van der Waals surface area contributed by atoms with Gasteiger partial charge in [-0.2, -0.15) is 0 Å². The Hall–Kier alpha value is -1.25. The molecule has 0 aromatic heterocycles. The third-order valence-corrected chi connectivity index (χ3v) is 6.43. The SMILES string of the molecule is CO[Si](CCCNCCN=Cc1cc(C)ccc1O)(OC)OC. The summed E-state index contributed by atoms with van der Waals surface area (Å²) < 4.78 is 16.1. The number of aryl methyl sites for hydroxylation is 1. The second kappa shape index (κ2) is 10.5. The standard InChI is InChI=1S/C16H28N2O4Si/c1-14-6-7-16(19)15(12-14)13-18-10-9-17-8-5-11-23(20-2,21-3)22-4/h6-7,12-13,17,19H,5,8-11H2,1-4H3. The molecule has 0 bridgehead atoms. The zero-order chi connectivity index (χ0) is 17.1. The van der Waals surface area contributed by atoms with Gasteiger partial charge in [-0.05, 0) is 32.0 Å². The highest BCUT2D eigenvalue weighted by Gasteiger charge is 2.36. The van der Waals surface area contributed by atoms with E-state index in [0.717, 1.165) is 36.7 Å². The number of phenolic OH excluding ortho intramolecular Hbond substituents is 1. The Morgan fingerprint density at radius 2 is 1.87 bits per heavy atom. The summed E-state index contributed by atoms with van der Waals surface area (Å²) in [6.07, 6.45) is 2.63. The van der Waals surface area contributed by atoms with Crippen LogP contribution < -0.4 is 5.32 Å². The average Bonchev–Trinajstić information content (AvgIpc) is 2.57. The van der Waals surface area contributed by atoms with E-state index in [1.54, 1.807) is 33.6 Å². The average molecular weight is 340 g/mol. The Morgan fingerprint density at radius 1 is 1.17 bits per heavy atom. The van der Waals surface area contributed by atoms with Gasteiger partial charge < -0.3 is 23.7 Å². The molecule has 0 heterocycles. The summed E-state index contributed by atoms with van der Waals surface area (Å²) in [7, 11) is 2.44. The van der Waals surface area contributed by atoms with Gasteiger partial charge in [-0.15, -0.1) is 0 Å². The van der Waals surface area contributed by atoms with Gasteiger partial charge in [0, 0.05) is 45.7 Å². The third-order valence-electron chi connectivity index (χ3n) is 3.60. The molecular weight excluding hydrogens is 312 g/mol. The molecule has 0 saturated heterocycles. The van der Waals surface area contributed by atoms with Gasteiger partial charge in [-0.1, -0.05) is 11.6 Å². The van der Waals surface area contributed by atoms with Gasteiger partial charge in [0.15, 0.2) is 0 Å². The number of benzene rings is 1. The lowest BCUT2D eigenvalue weighted by molar-refractivity contribution is 0.123. The van der Waals surface area contributed by atoms with Crippen LogP contribution in [0.15, 0.2) is 23.2 Å². The molecule has 0 amide bonds. The summed E-state index contributed by atoms with van der Waals surface area (Å²) in [6.45, 7) is 4.29. The summed E-state index contributed by atoms with van der Waals surface area (Å²) in [4.78, 5) is 4.33. The molecule has 23 heavy (non-hydrogen) atoms. The highest BCUT2D eigenvalue weighted by Crippen LogP contribution is 2.16. The topological polar surface area (TPSA) is 72.3 Å². The van der Waals surface area contributed by atoms with Crippen LogP contribution >= 0.6 is 0 Å². The Kier molecular flexibility index (Phi) is 9.04. The van der Waals surface area contributed by atoms with Crippen molar-refractivity contribution < 1.29 is 18.4 Å². The maximum absolute atomic E-state index is 9.72. The minimum absolute atomic E-state index is 0.257. The maximum atomic E-state index is 9.72. The van der Waals surface area contributed by atoms with Crippen LogP contribution in [0.25, 0.3) is 0 Å². The highest BCUT2D eigenvalue weighted by molar-refractivity contribution is 6.60. The van der Waals surface area contributed by atoms with Gasteiger partial charge in [0.1, 0.15) is 5.75 Å². The Morgan fingerprint density at radius 3 is 2.52 bits per heavy atom. The van der Waals surface area contributed by atoms with E-state index in [2.05, 4.69) is 10.3 Å². The summed E-state index contributed by atoms with van der Waals surface area (Å²) >= 11 is 0. The van der Waals surface area contributed by atoms with Gasteiger partial charge in [0.25, 0.3) is 0 Å². The van der Waals surface area contributed by atoms with Crippen LogP contribution in [0.2, 0.25) is 6.04 Å². The molecule has 7 heteroatoms. The van der Waals surface area contributed by atoms with Gasteiger partial charge in [0.05, 0.1) is 6.54 Å². The molecule has 6 nitrogen and oxygen atoms in total. The number of nitrogens with zero attached hydrogens (tertiary/aromatic N) is 1. The van der Waals surface area contributed by atoms with Gasteiger partial charge in [-0.3, -0.25) is 4.99 Å². The van der Waals surface area contributed by atoms with Gasteiger partial charge in [-0.25, -0.2) is 0 Å². The van der Waals surface area contributed by atoms with Crippen molar-refractivity contribution in [2.75, 3.05) is 41.0 Å². The van der Waals surface area contributed by atoms with Crippen molar-refractivity contribution in [1.82, 2.24) is 5.32 Å². The van der Waals surface area contributed by atoms with Crippen LogP contribution in [0.3, 0.4) is 0 Å². The maximum Gasteiger partial charge on any atom is 0.500 e. The minimum atomic E-state index is -2.45. The molecule has 1 rings (SSSR count). The molecule has 1 aromatic rings. The molecule has 0 aliphatic heterocycles. The minimum Gasteiger partial charge on any atom is -0.507 e. The fourth-order valence-corrected chi connectivity index (χ4v) is 3.92. The van der Waals surface area contributed by atoms with E-state index >= 15 is 0 Å². The molecule has 0 saturated carbocycles. The molecule has 0 atom stereocenters. The third kappa shape index (κ3) is 6.80. The lowest BCUT2D eigenvalue weighted by Gasteiger charge is -2.24. The van der Waals surface area contributed by atoms with Crippen LogP contribution in [0, 0.1) is 6.92 Å². The van der Waals surface area contributed by atoms with E-state index in [1.807, 2.05) is 19.1 Å². The van der Waals surface area contributed by atoms with Crippen LogP contribution in [-0.4, -0.2) is 61.1 Å². The zero-order valence-electron chi connectivity index (χ0n) is 14.5. The number of rotatable bonds is 11. The largest absolute Gasteiger partial charge is 0.507 e. The van der Waals surface area contributed by atoms with Gasteiger partial charge in [0.2, 0.25) is 0 Å². The summed E-state index contributed by atoms with van der Waals surface area (Å²) in [6, 6.07) is 6.25. The summed E-state index contributed by atoms with van der Waals surface area (Å²) in [5.41, 5.74) is 1.85. The van der Waals surface area contributed by atoms with E-state index in [4.69, 9.17) is 13.3 Å². The molecule has 0 unspecified atom stereocenters. The first-order chi connectivity index (χ1) is 11.1. The predicted octanol–water partition coefficient (Wildman–Crippen LogP) is 1.98. The monoisotopic (exact) mass is 340 g/mol. The molecule has 0 aliphatic carbocycles. The van der Waals surface area contributed by atoms with Crippen molar-refractivity contribution in [1.29, 1.82) is 0 Å². The molecule has 0 fully saturated rings. The normalized spacial score (nSPS) is 12.2. The number of aromatic hydroxyl groups is 1. The summed E-state index contributed by atoms with van der Waals surface area (Å²) in [5, 5.41) is 13.0. The fourth-order valence-electron chi connectivity index (χ4n) is 2.19. The van der Waals surface area contributed by atoms with Crippen molar-refractivity contribution >= 4 is 15.0 Å². The van der Waals surface area contributed by atoms with Crippen LogP contribution in [0.4, 0.5) is 0 Å². The first kappa shape index (κ1) is 19.8. The number of nitrogens with one attached hydrogen (secondary N) is 1. The number of hydrogen-bond acceptors (Lipinski definition) is 6. The van der Waals surface area contributed by atoms with E-state index in [9.17, 15) is 5.11 Å². The van der Waals surface area contributed by atoms with Crippen LogP contribution in [0.1, 0.15) is 17.5 Å². The molecule has 0 radical (unpaired) electrons. The summed E-state index contributed by atoms with van der Waals surface area (Å²) in [5.74, 6) is 0.257. The molecular formula is C16H28N2O4Si. The van der Waals surface area contributed by atoms with Gasteiger partial charge >= 0.3 is 8.80 Å². The highest BCUT2D eigenvalue weighted by atomic mass is 28.4. The zero-order valence-corrected chi connectivity index (χ0v) is 15.5. The Labute approximate surface area is 139 Å². The van der Waals surface area contributed by atoms with E-state index in [1.165, 1.54) is 0 Å². The smallest absolute Gasteiger partial charge is 0.500 e. The van der Waals surface area contributed by atoms with Crippen LogP contribution in [0.5, 0.6) is 5.75 Å². The second-order valence-electron chi connectivity index (χ2n) is 5.25. The van der Waals surface area contributed by atoms with E-state index < -0.39 is 8.80 Å². The molecule has 1 aromatic carbocycles. The van der Waals surface area contributed by atoms with Crippen molar-refractivity contribution in [3.8, 4) is 5.75 Å². The Balaban J connectivity index is 2.21. The first-order valence-electron chi connectivity index (χ1n) is 7.72. The van der Waals surface area contributed by atoms with Crippen molar-refractivity contribution in [3.05, 3.63) is 29.3 Å². The number of aliphatic imine (C=N–C) groups is 1. The number of phenols is 1. The van der Waals surface area contributed by atoms with Crippen molar-refractivity contribution in [2.24, 2.45) is 4.99 Å². The molecule has 0 spiro atoms. The van der Waals surface area contributed by atoms with E-state index in [-0.39, 0.29) is 5.75 Å². The molecule has 2 N–H and O–H groups in total. The van der Waals surface area contributed by atoms with E-state index in [0.29, 0.717) is 6.54 Å². The molecule has 0 aliphatic rings. The number of hydrogen-bond donors (Lipinski definition) is 2. The fraction of sp³-hybridized carbons (Fsp3) is 0.562. The molecule has 130 valence electrons.